The molecule has 1 N–H and O–H groups in total. The number of methoxy groups -OCH3 is 1. The van der Waals surface area contributed by atoms with Crippen molar-refractivity contribution in [1.29, 1.82) is 0 Å². The van der Waals surface area contributed by atoms with E-state index in [0.29, 0.717) is 38.9 Å². The minimum absolute atomic E-state index is 0.0450. The lowest BCUT2D eigenvalue weighted by atomic mass is 9.94. The number of ether oxygens (including phenoxy) is 2. The van der Waals surface area contributed by atoms with Crippen LogP contribution in [0, 0.1) is 0 Å². The van der Waals surface area contributed by atoms with Gasteiger partial charge in [-0.1, -0.05) is 60.1 Å². The molecule has 0 bridgehead atoms. The van der Waals surface area contributed by atoms with Gasteiger partial charge in [-0.2, -0.15) is 4.98 Å². The van der Waals surface area contributed by atoms with Crippen LogP contribution in [0.15, 0.2) is 65.0 Å². The summed E-state index contributed by atoms with van der Waals surface area (Å²) in [7, 11) is 1.63. The largest absolute Gasteiger partial charge is 0.497 e. The second kappa shape index (κ2) is 11.0. The van der Waals surface area contributed by atoms with Crippen molar-refractivity contribution in [3.8, 4) is 5.75 Å². The second-order valence-electron chi connectivity index (χ2n) is 9.05. The number of hydrogen-bond donors (Lipinski definition) is 1. The van der Waals surface area contributed by atoms with Crippen molar-refractivity contribution in [1.82, 2.24) is 14.8 Å². The van der Waals surface area contributed by atoms with Gasteiger partial charge in [0.25, 0.3) is 0 Å². The van der Waals surface area contributed by atoms with E-state index < -0.39 is 6.04 Å². The van der Waals surface area contributed by atoms with Crippen molar-refractivity contribution < 1.29 is 14.3 Å². The zero-order valence-corrected chi connectivity index (χ0v) is 21.9. The Balaban J connectivity index is 1.47. The second-order valence-corrected chi connectivity index (χ2v) is 10.4. The molecule has 2 heterocycles. The maximum Gasteiger partial charge on any atom is 0.338 e. The van der Waals surface area contributed by atoms with Crippen LogP contribution in [-0.2, 0) is 15.3 Å². The minimum Gasteiger partial charge on any atom is -0.497 e. The number of halogens is 1. The highest BCUT2D eigenvalue weighted by molar-refractivity contribution is 7.98. The number of thioether (sulfide) groups is 1. The van der Waals surface area contributed by atoms with E-state index in [-0.39, 0.29) is 12.1 Å². The Hall–Kier alpha value is -2.97. The normalized spacial score (nSPS) is 17.9. The quantitative estimate of drug-likeness (QED) is 0.283. The molecule has 5 rings (SSSR count). The smallest absolute Gasteiger partial charge is 0.338 e. The Bertz CT molecular complexity index is 1290. The molecule has 1 saturated carbocycles. The van der Waals surface area contributed by atoms with E-state index in [4.69, 9.17) is 31.2 Å². The Kier molecular flexibility index (Phi) is 7.53. The summed E-state index contributed by atoms with van der Waals surface area (Å²) in [6.07, 6.45) is 5.15. The Morgan fingerprint density at radius 1 is 1.17 bits per heavy atom. The Morgan fingerprint density at radius 3 is 2.75 bits per heavy atom. The first-order chi connectivity index (χ1) is 17.5. The molecule has 188 valence electrons. The molecule has 9 heteroatoms. The molecular formula is C27H29ClN4O3S. The zero-order chi connectivity index (χ0) is 25.1. The van der Waals surface area contributed by atoms with Crippen LogP contribution in [0.1, 0.15) is 56.2 Å². The molecule has 1 unspecified atom stereocenters. The number of carbonyl (C=O) groups excluding carboxylic acids is 1. The van der Waals surface area contributed by atoms with Gasteiger partial charge in [0.2, 0.25) is 11.1 Å². The lowest BCUT2D eigenvalue weighted by Crippen LogP contribution is -2.32. The van der Waals surface area contributed by atoms with Crippen LogP contribution in [-0.4, -0.2) is 33.9 Å². The molecule has 0 saturated heterocycles. The summed E-state index contributed by atoms with van der Waals surface area (Å²) in [5.74, 6) is 1.61. The van der Waals surface area contributed by atoms with Crippen molar-refractivity contribution in [2.24, 2.45) is 0 Å². The third-order valence-corrected chi connectivity index (χ3v) is 7.86. The summed E-state index contributed by atoms with van der Waals surface area (Å²) >= 11 is 7.83. The predicted molar refractivity (Wildman–Crippen MR) is 141 cm³/mol. The molecular weight excluding hydrogens is 496 g/mol. The maximum absolute atomic E-state index is 13.5. The number of anilines is 1. The van der Waals surface area contributed by atoms with Crippen molar-refractivity contribution in [3.63, 3.8) is 0 Å². The summed E-state index contributed by atoms with van der Waals surface area (Å²) in [6, 6.07) is 15.0. The summed E-state index contributed by atoms with van der Waals surface area (Å²) in [6.45, 7) is 1.89. The van der Waals surface area contributed by atoms with Gasteiger partial charge in [0.15, 0.2) is 0 Å². The number of carbonyl (C=O) groups is 1. The molecule has 0 radical (unpaired) electrons. The Labute approximate surface area is 220 Å². The van der Waals surface area contributed by atoms with E-state index >= 15 is 0 Å². The van der Waals surface area contributed by atoms with Gasteiger partial charge >= 0.3 is 5.97 Å². The zero-order valence-electron chi connectivity index (χ0n) is 20.4. The monoisotopic (exact) mass is 524 g/mol. The van der Waals surface area contributed by atoms with Crippen LogP contribution < -0.4 is 10.1 Å². The molecule has 1 atom stereocenters. The summed E-state index contributed by atoms with van der Waals surface area (Å²) < 4.78 is 13.2. The highest BCUT2D eigenvalue weighted by Crippen LogP contribution is 2.38. The number of hydrogen-bond acceptors (Lipinski definition) is 7. The van der Waals surface area contributed by atoms with Crippen molar-refractivity contribution >= 4 is 35.3 Å². The number of benzene rings is 2. The number of nitrogens with zero attached hydrogens (tertiary/aromatic N) is 3. The van der Waals surface area contributed by atoms with Gasteiger partial charge in [-0.25, -0.2) is 9.48 Å². The van der Waals surface area contributed by atoms with Crippen LogP contribution in [0.2, 0.25) is 5.02 Å². The lowest BCUT2D eigenvalue weighted by molar-refractivity contribution is -0.146. The maximum atomic E-state index is 13.5. The molecule has 7 nitrogen and oxygen atoms in total. The highest BCUT2D eigenvalue weighted by Gasteiger charge is 2.36. The highest BCUT2D eigenvalue weighted by atomic mass is 35.5. The van der Waals surface area contributed by atoms with Crippen LogP contribution in [0.4, 0.5) is 5.95 Å². The molecule has 1 aliphatic heterocycles. The molecule has 1 aliphatic carbocycles. The molecule has 36 heavy (non-hydrogen) atoms. The molecule has 2 aliphatic rings. The number of nitrogens with one attached hydrogen (secondary N) is 1. The first-order valence-corrected chi connectivity index (χ1v) is 13.6. The van der Waals surface area contributed by atoms with E-state index in [2.05, 4.69) is 5.32 Å². The first-order valence-electron chi connectivity index (χ1n) is 12.2. The molecule has 1 fully saturated rings. The molecule has 0 amide bonds. The van der Waals surface area contributed by atoms with E-state index in [1.54, 1.807) is 11.8 Å². The van der Waals surface area contributed by atoms with Crippen LogP contribution in [0.25, 0.3) is 0 Å². The standard InChI is InChI=1S/C27H29ClN4O3S/c1-17-23(25(33)35-20-11-4-3-5-12-20)24(18-10-8-13-21(15-18)34-2)32-26(29-17)30-27(31-32)36-16-19-9-6-7-14-22(19)28/h6-10,13-15,20,24H,3-5,11-12,16H2,1-2H3,(H,29,30,31). The van der Waals surface area contributed by atoms with Crippen LogP contribution in [0.5, 0.6) is 5.75 Å². The number of esters is 1. The van der Waals surface area contributed by atoms with Gasteiger partial charge in [-0.3, -0.25) is 0 Å². The average molecular weight is 525 g/mol. The molecule has 0 spiro atoms. The molecule has 1 aromatic heterocycles. The van der Waals surface area contributed by atoms with E-state index in [9.17, 15) is 4.79 Å². The van der Waals surface area contributed by atoms with Gasteiger partial charge in [-0.05, 0) is 61.9 Å². The van der Waals surface area contributed by atoms with E-state index in [1.165, 1.54) is 18.2 Å². The fourth-order valence-corrected chi connectivity index (χ4v) is 5.85. The molecule has 2 aromatic carbocycles. The number of aromatic nitrogens is 3. The summed E-state index contributed by atoms with van der Waals surface area (Å²) in [5, 5.41) is 9.40. The third-order valence-electron chi connectivity index (χ3n) is 6.60. The predicted octanol–water partition coefficient (Wildman–Crippen LogP) is 6.40. The average Bonchev–Trinajstić information content (AvgIpc) is 3.30. The summed E-state index contributed by atoms with van der Waals surface area (Å²) in [5.41, 5.74) is 3.14. The summed E-state index contributed by atoms with van der Waals surface area (Å²) in [4.78, 5) is 18.3. The lowest BCUT2D eigenvalue weighted by Gasteiger charge is -2.30. The fraction of sp³-hybridized carbons (Fsp3) is 0.370. The number of allylic oxidation sites excluding steroid dienone is 1. The van der Waals surface area contributed by atoms with Crippen molar-refractivity contribution in [2.75, 3.05) is 12.4 Å². The van der Waals surface area contributed by atoms with E-state index in [0.717, 1.165) is 36.8 Å². The third kappa shape index (κ3) is 5.25. The van der Waals surface area contributed by atoms with Gasteiger partial charge in [0.05, 0.1) is 12.7 Å². The van der Waals surface area contributed by atoms with Crippen molar-refractivity contribution in [2.45, 2.75) is 62.1 Å². The molecule has 3 aromatic rings. The van der Waals surface area contributed by atoms with Gasteiger partial charge < -0.3 is 14.8 Å². The van der Waals surface area contributed by atoms with Gasteiger partial charge in [0.1, 0.15) is 17.9 Å². The number of fused-ring (bicyclic) bond motifs is 1. The topological polar surface area (TPSA) is 78.3 Å². The van der Waals surface area contributed by atoms with E-state index in [1.807, 2.05) is 55.5 Å². The van der Waals surface area contributed by atoms with Crippen LogP contribution in [0.3, 0.4) is 0 Å². The SMILES string of the molecule is COc1cccc(C2C(C(=O)OC3CCCCC3)=C(C)Nc3nc(SCc4ccccc4Cl)nn32)c1. The number of rotatable bonds is 7. The first kappa shape index (κ1) is 24.7. The fourth-order valence-electron chi connectivity index (χ4n) is 4.73. The van der Waals surface area contributed by atoms with Crippen LogP contribution >= 0.6 is 23.4 Å². The Morgan fingerprint density at radius 2 is 1.97 bits per heavy atom. The van der Waals surface area contributed by atoms with Gasteiger partial charge in [0, 0.05) is 16.5 Å². The van der Waals surface area contributed by atoms with Gasteiger partial charge in [-0.15, -0.1) is 5.10 Å². The minimum atomic E-state index is -0.491. The van der Waals surface area contributed by atoms with Crippen molar-refractivity contribution in [3.05, 3.63) is 76.0 Å².